The van der Waals surface area contributed by atoms with Crippen molar-refractivity contribution in [2.45, 2.75) is 19.3 Å². The van der Waals surface area contributed by atoms with E-state index in [0.717, 1.165) is 30.3 Å². The average molecular weight is 227 g/mol. The summed E-state index contributed by atoms with van der Waals surface area (Å²) in [5.74, 6) is 0.667. The number of rotatable bonds is 1. The third-order valence-corrected chi connectivity index (χ3v) is 3.04. The van der Waals surface area contributed by atoms with Crippen LogP contribution in [-0.2, 0) is 4.79 Å². The Balaban J connectivity index is 2.02. The topological polar surface area (TPSA) is 46.1 Å². The predicted molar refractivity (Wildman–Crippen MR) is 65.7 cm³/mol. The Bertz CT molecular complexity index is 567. The van der Waals surface area contributed by atoms with E-state index >= 15 is 0 Å². The third kappa shape index (κ3) is 1.86. The number of para-hydroxylation sites is 1. The van der Waals surface area contributed by atoms with Gasteiger partial charge in [-0.25, -0.2) is 9.97 Å². The molecule has 1 aliphatic heterocycles. The summed E-state index contributed by atoms with van der Waals surface area (Å²) in [6.45, 7) is 0.733. The van der Waals surface area contributed by atoms with E-state index in [9.17, 15) is 4.79 Å². The Labute approximate surface area is 99.3 Å². The first-order valence-electron chi connectivity index (χ1n) is 5.87. The summed E-state index contributed by atoms with van der Waals surface area (Å²) >= 11 is 0. The number of nitrogens with zero attached hydrogens (tertiary/aromatic N) is 3. The van der Waals surface area contributed by atoms with Crippen molar-refractivity contribution >= 4 is 22.8 Å². The Kier molecular flexibility index (Phi) is 2.48. The highest BCUT2D eigenvalue weighted by Crippen LogP contribution is 2.19. The fourth-order valence-corrected chi connectivity index (χ4v) is 2.11. The maximum atomic E-state index is 11.8. The lowest BCUT2D eigenvalue weighted by Crippen LogP contribution is -2.36. The molecule has 1 fully saturated rings. The van der Waals surface area contributed by atoms with Crippen LogP contribution in [0.15, 0.2) is 30.5 Å². The van der Waals surface area contributed by atoms with Crippen LogP contribution in [0.25, 0.3) is 10.9 Å². The van der Waals surface area contributed by atoms with Crippen LogP contribution in [0, 0.1) is 0 Å². The van der Waals surface area contributed by atoms with Gasteiger partial charge in [0.1, 0.15) is 0 Å². The van der Waals surface area contributed by atoms with Gasteiger partial charge in [0.2, 0.25) is 11.9 Å². The van der Waals surface area contributed by atoms with E-state index in [1.54, 1.807) is 11.1 Å². The van der Waals surface area contributed by atoms with Crippen LogP contribution in [0.1, 0.15) is 19.3 Å². The molecule has 1 amide bonds. The summed E-state index contributed by atoms with van der Waals surface area (Å²) in [4.78, 5) is 22.2. The molecule has 1 saturated heterocycles. The van der Waals surface area contributed by atoms with Crippen LogP contribution in [0.5, 0.6) is 0 Å². The Morgan fingerprint density at radius 3 is 2.94 bits per heavy atom. The zero-order valence-corrected chi connectivity index (χ0v) is 9.47. The molecule has 1 aromatic carbocycles. The zero-order valence-electron chi connectivity index (χ0n) is 9.47. The first-order chi connectivity index (χ1) is 8.34. The number of amides is 1. The van der Waals surface area contributed by atoms with Gasteiger partial charge < -0.3 is 0 Å². The summed E-state index contributed by atoms with van der Waals surface area (Å²) in [7, 11) is 0. The van der Waals surface area contributed by atoms with Crippen molar-refractivity contribution in [1.29, 1.82) is 0 Å². The number of benzene rings is 1. The van der Waals surface area contributed by atoms with Crippen LogP contribution in [0.4, 0.5) is 5.95 Å². The van der Waals surface area contributed by atoms with Crippen LogP contribution < -0.4 is 4.90 Å². The molecule has 0 radical (unpaired) electrons. The minimum Gasteiger partial charge on any atom is -0.281 e. The van der Waals surface area contributed by atoms with Crippen molar-refractivity contribution in [3.8, 4) is 0 Å². The normalized spacial score (nSPS) is 16.5. The molecule has 0 saturated carbocycles. The van der Waals surface area contributed by atoms with Crippen molar-refractivity contribution in [2.75, 3.05) is 11.4 Å². The maximum absolute atomic E-state index is 11.8. The zero-order chi connectivity index (χ0) is 11.7. The lowest BCUT2D eigenvalue weighted by atomic mass is 10.1. The van der Waals surface area contributed by atoms with Crippen molar-refractivity contribution in [3.05, 3.63) is 30.5 Å². The standard InChI is InChI=1S/C13H13N3O/c17-12-7-3-4-8-16(12)13-14-9-10-5-1-2-6-11(10)15-13/h1-2,5-6,9H,3-4,7-8H2. The Hall–Kier alpha value is -1.97. The van der Waals surface area contributed by atoms with Gasteiger partial charge in [-0.3, -0.25) is 9.69 Å². The molecule has 0 aliphatic carbocycles. The van der Waals surface area contributed by atoms with Gasteiger partial charge >= 0.3 is 0 Å². The van der Waals surface area contributed by atoms with Gasteiger partial charge in [-0.15, -0.1) is 0 Å². The van der Waals surface area contributed by atoms with Crippen LogP contribution in [-0.4, -0.2) is 22.4 Å². The summed E-state index contributed by atoms with van der Waals surface area (Å²) in [5.41, 5.74) is 0.885. The van der Waals surface area contributed by atoms with Crippen molar-refractivity contribution in [2.24, 2.45) is 0 Å². The molecule has 86 valence electrons. The molecule has 0 bridgehead atoms. The number of aromatic nitrogens is 2. The van der Waals surface area contributed by atoms with E-state index in [1.165, 1.54) is 0 Å². The predicted octanol–water partition coefficient (Wildman–Crippen LogP) is 2.15. The number of hydrogen-bond donors (Lipinski definition) is 0. The third-order valence-electron chi connectivity index (χ3n) is 3.04. The van der Waals surface area contributed by atoms with E-state index in [2.05, 4.69) is 9.97 Å². The van der Waals surface area contributed by atoms with E-state index < -0.39 is 0 Å². The SMILES string of the molecule is O=C1CCCCN1c1ncc2ccccc2n1. The fourth-order valence-electron chi connectivity index (χ4n) is 2.11. The van der Waals surface area contributed by atoms with E-state index in [1.807, 2.05) is 24.3 Å². The van der Waals surface area contributed by atoms with Crippen LogP contribution in [0.2, 0.25) is 0 Å². The van der Waals surface area contributed by atoms with E-state index in [4.69, 9.17) is 0 Å². The molecule has 1 aliphatic rings. The minimum absolute atomic E-state index is 0.131. The van der Waals surface area contributed by atoms with Gasteiger partial charge in [-0.2, -0.15) is 0 Å². The Morgan fingerprint density at radius 1 is 1.18 bits per heavy atom. The van der Waals surface area contributed by atoms with Crippen molar-refractivity contribution < 1.29 is 4.79 Å². The molecule has 17 heavy (non-hydrogen) atoms. The molecule has 2 heterocycles. The van der Waals surface area contributed by atoms with Gasteiger partial charge in [0, 0.05) is 24.5 Å². The monoisotopic (exact) mass is 227 g/mol. The quantitative estimate of drug-likeness (QED) is 0.749. The fraction of sp³-hybridized carbons (Fsp3) is 0.308. The smallest absolute Gasteiger partial charge is 0.232 e. The van der Waals surface area contributed by atoms with E-state index in [0.29, 0.717) is 12.4 Å². The summed E-state index contributed by atoms with van der Waals surface area (Å²) in [6.07, 6.45) is 4.39. The van der Waals surface area contributed by atoms with Gasteiger partial charge in [-0.1, -0.05) is 18.2 Å². The highest BCUT2D eigenvalue weighted by Gasteiger charge is 2.21. The largest absolute Gasteiger partial charge is 0.281 e. The van der Waals surface area contributed by atoms with Crippen LogP contribution in [0.3, 0.4) is 0 Å². The maximum Gasteiger partial charge on any atom is 0.232 e. The molecular weight excluding hydrogens is 214 g/mol. The molecular formula is C13H13N3O. The molecule has 0 unspecified atom stereocenters. The number of anilines is 1. The molecule has 0 N–H and O–H groups in total. The highest BCUT2D eigenvalue weighted by molar-refractivity contribution is 5.93. The number of piperidine rings is 1. The van der Waals surface area contributed by atoms with Gasteiger partial charge in [0.15, 0.2) is 0 Å². The molecule has 4 heteroatoms. The molecule has 1 aromatic heterocycles. The van der Waals surface area contributed by atoms with Gasteiger partial charge in [0.25, 0.3) is 0 Å². The number of carbonyl (C=O) groups is 1. The molecule has 4 nitrogen and oxygen atoms in total. The lowest BCUT2D eigenvalue weighted by molar-refractivity contribution is -0.119. The highest BCUT2D eigenvalue weighted by atomic mass is 16.2. The average Bonchev–Trinajstić information content (AvgIpc) is 2.39. The minimum atomic E-state index is 0.131. The first-order valence-corrected chi connectivity index (χ1v) is 5.87. The molecule has 2 aromatic rings. The second-order valence-electron chi connectivity index (χ2n) is 4.23. The summed E-state index contributed by atoms with van der Waals surface area (Å²) < 4.78 is 0. The Morgan fingerprint density at radius 2 is 2.06 bits per heavy atom. The second-order valence-corrected chi connectivity index (χ2v) is 4.23. The number of fused-ring (bicyclic) bond motifs is 1. The van der Waals surface area contributed by atoms with Gasteiger partial charge in [0.05, 0.1) is 5.52 Å². The molecule has 3 rings (SSSR count). The van der Waals surface area contributed by atoms with E-state index in [-0.39, 0.29) is 5.91 Å². The summed E-state index contributed by atoms with van der Waals surface area (Å²) in [6, 6.07) is 7.81. The molecule has 0 atom stereocenters. The van der Waals surface area contributed by atoms with Crippen molar-refractivity contribution in [3.63, 3.8) is 0 Å². The lowest BCUT2D eigenvalue weighted by Gasteiger charge is -2.24. The molecule has 0 spiro atoms. The van der Waals surface area contributed by atoms with Gasteiger partial charge in [-0.05, 0) is 18.9 Å². The number of carbonyl (C=O) groups excluding carboxylic acids is 1. The summed E-state index contributed by atoms with van der Waals surface area (Å²) in [5, 5.41) is 1.00. The second kappa shape index (κ2) is 4.13. The van der Waals surface area contributed by atoms with Crippen LogP contribution >= 0.6 is 0 Å². The number of hydrogen-bond acceptors (Lipinski definition) is 3. The van der Waals surface area contributed by atoms with Crippen molar-refractivity contribution in [1.82, 2.24) is 9.97 Å². The first kappa shape index (κ1) is 10.2.